The fourth-order valence-electron chi connectivity index (χ4n) is 3.32. The summed E-state index contributed by atoms with van der Waals surface area (Å²) in [6.07, 6.45) is 3.52. The van der Waals surface area contributed by atoms with Gasteiger partial charge in [0.15, 0.2) is 0 Å². The molecule has 0 N–H and O–H groups in total. The molecule has 0 spiro atoms. The van der Waals surface area contributed by atoms with E-state index in [2.05, 4.69) is 6.07 Å². The highest BCUT2D eigenvalue weighted by molar-refractivity contribution is 5.79. The molecule has 3 nitrogen and oxygen atoms in total. The fraction of sp³-hybridized carbons (Fsp3) is 0.500. The highest BCUT2D eigenvalue weighted by Gasteiger charge is 2.48. The number of carbonyl (C=O) groups excluding carboxylic acids is 1. The zero-order valence-electron chi connectivity index (χ0n) is 11.2. The minimum atomic E-state index is 0.243. The van der Waals surface area contributed by atoms with Gasteiger partial charge in [0.1, 0.15) is 0 Å². The second-order valence-electron chi connectivity index (χ2n) is 5.93. The minimum Gasteiger partial charge on any atom is -0.341 e. The Labute approximate surface area is 113 Å². The largest absolute Gasteiger partial charge is 0.341 e. The first-order chi connectivity index (χ1) is 9.17. The summed E-state index contributed by atoms with van der Waals surface area (Å²) in [5.74, 6) is 2.19. The predicted molar refractivity (Wildman–Crippen MR) is 72.0 cm³/mol. The molecule has 19 heavy (non-hydrogen) atoms. The molecular weight excluding hydrogens is 236 g/mol. The van der Waals surface area contributed by atoms with Crippen molar-refractivity contribution in [2.75, 3.05) is 7.05 Å². The molecule has 2 unspecified atom stereocenters. The summed E-state index contributed by atoms with van der Waals surface area (Å²) in [7, 11) is 1.87. The maximum absolute atomic E-state index is 12.3. The zero-order valence-corrected chi connectivity index (χ0v) is 11.2. The van der Waals surface area contributed by atoms with E-state index in [4.69, 9.17) is 5.26 Å². The Balaban J connectivity index is 1.62. The average molecular weight is 254 g/mol. The number of rotatable bonds is 3. The quantitative estimate of drug-likeness (QED) is 0.832. The Morgan fingerprint density at radius 1 is 1.37 bits per heavy atom. The number of benzene rings is 1. The summed E-state index contributed by atoms with van der Waals surface area (Å²) in [6, 6.07) is 9.62. The molecule has 98 valence electrons. The Kier molecular flexibility index (Phi) is 3.02. The van der Waals surface area contributed by atoms with Crippen molar-refractivity contribution in [1.29, 1.82) is 5.26 Å². The summed E-state index contributed by atoms with van der Waals surface area (Å²) in [5, 5.41) is 8.88. The lowest BCUT2D eigenvalue weighted by Gasteiger charge is -2.22. The van der Waals surface area contributed by atoms with Crippen LogP contribution in [0.2, 0.25) is 0 Å². The Morgan fingerprint density at radius 3 is 2.79 bits per heavy atom. The van der Waals surface area contributed by atoms with Crippen LogP contribution < -0.4 is 0 Å². The average Bonchev–Trinajstić information content (AvgIpc) is 3.04. The fourth-order valence-corrected chi connectivity index (χ4v) is 3.32. The molecule has 0 radical (unpaired) electrons. The van der Waals surface area contributed by atoms with Crippen molar-refractivity contribution in [3.8, 4) is 6.07 Å². The Bertz CT molecular complexity index is 536. The van der Waals surface area contributed by atoms with E-state index in [1.54, 1.807) is 6.07 Å². The van der Waals surface area contributed by atoms with Crippen LogP contribution in [0.15, 0.2) is 24.3 Å². The van der Waals surface area contributed by atoms with E-state index in [9.17, 15) is 4.79 Å². The number of nitrogens with zero attached hydrogens (tertiary/aromatic N) is 2. The van der Waals surface area contributed by atoms with Crippen molar-refractivity contribution in [1.82, 2.24) is 4.90 Å². The van der Waals surface area contributed by atoms with Gasteiger partial charge in [0.2, 0.25) is 5.91 Å². The standard InChI is InChI=1S/C16H18N2O/c1-18(10-12-4-2-3-11(5-12)9-17)16(19)15-7-13-6-14(13)8-15/h2-5,13-15H,6-8,10H2,1H3. The molecule has 1 amide bonds. The first kappa shape index (κ1) is 12.2. The summed E-state index contributed by atoms with van der Waals surface area (Å²) in [4.78, 5) is 14.1. The molecule has 2 fully saturated rings. The van der Waals surface area contributed by atoms with Gasteiger partial charge in [-0.1, -0.05) is 12.1 Å². The van der Waals surface area contributed by atoms with E-state index >= 15 is 0 Å². The van der Waals surface area contributed by atoms with Gasteiger partial charge in [0, 0.05) is 19.5 Å². The topological polar surface area (TPSA) is 44.1 Å². The Hall–Kier alpha value is -1.82. The van der Waals surface area contributed by atoms with Gasteiger partial charge in [-0.05, 0) is 48.8 Å². The lowest BCUT2D eigenvalue weighted by Crippen LogP contribution is -2.31. The van der Waals surface area contributed by atoms with Gasteiger partial charge in [0.25, 0.3) is 0 Å². The highest BCUT2D eigenvalue weighted by atomic mass is 16.2. The van der Waals surface area contributed by atoms with E-state index < -0.39 is 0 Å². The van der Waals surface area contributed by atoms with Crippen molar-refractivity contribution in [3.63, 3.8) is 0 Å². The van der Waals surface area contributed by atoms with E-state index in [1.807, 2.05) is 30.1 Å². The molecule has 2 aliphatic rings. The maximum Gasteiger partial charge on any atom is 0.225 e. The van der Waals surface area contributed by atoms with Gasteiger partial charge < -0.3 is 4.90 Å². The van der Waals surface area contributed by atoms with Gasteiger partial charge in [-0.15, -0.1) is 0 Å². The molecule has 3 rings (SSSR count). The number of carbonyl (C=O) groups is 1. The van der Waals surface area contributed by atoms with Crippen LogP contribution in [0.4, 0.5) is 0 Å². The van der Waals surface area contributed by atoms with E-state index in [0.29, 0.717) is 12.1 Å². The minimum absolute atomic E-state index is 0.243. The number of hydrogen-bond acceptors (Lipinski definition) is 2. The lowest BCUT2D eigenvalue weighted by molar-refractivity contribution is -0.134. The van der Waals surface area contributed by atoms with Crippen LogP contribution in [0.3, 0.4) is 0 Å². The molecule has 0 bridgehead atoms. The third-order valence-electron chi connectivity index (χ3n) is 4.44. The SMILES string of the molecule is CN(Cc1cccc(C#N)c1)C(=O)C1CC2CC2C1. The van der Waals surface area contributed by atoms with Crippen molar-refractivity contribution in [2.45, 2.75) is 25.8 Å². The van der Waals surface area contributed by atoms with Gasteiger partial charge >= 0.3 is 0 Å². The molecule has 3 heteroatoms. The molecule has 0 heterocycles. The van der Waals surface area contributed by atoms with Crippen molar-refractivity contribution < 1.29 is 4.79 Å². The molecular formula is C16H18N2O. The molecule has 2 aliphatic carbocycles. The zero-order chi connectivity index (χ0) is 13.4. The van der Waals surface area contributed by atoms with Gasteiger partial charge in [-0.3, -0.25) is 4.79 Å². The summed E-state index contributed by atoms with van der Waals surface area (Å²) in [6.45, 7) is 0.597. The molecule has 0 aromatic heterocycles. The van der Waals surface area contributed by atoms with Crippen LogP contribution in [-0.4, -0.2) is 17.9 Å². The van der Waals surface area contributed by atoms with Gasteiger partial charge in [0.05, 0.1) is 11.6 Å². The monoisotopic (exact) mass is 254 g/mol. The number of hydrogen-bond donors (Lipinski definition) is 0. The predicted octanol–water partition coefficient (Wildman–Crippen LogP) is 2.56. The molecule has 1 aromatic carbocycles. The Morgan fingerprint density at radius 2 is 2.11 bits per heavy atom. The lowest BCUT2D eigenvalue weighted by atomic mass is 10.0. The molecule has 0 saturated heterocycles. The van der Waals surface area contributed by atoms with Crippen LogP contribution in [0.25, 0.3) is 0 Å². The molecule has 2 atom stereocenters. The first-order valence-corrected chi connectivity index (χ1v) is 6.91. The number of fused-ring (bicyclic) bond motifs is 1. The van der Waals surface area contributed by atoms with Gasteiger partial charge in [-0.2, -0.15) is 5.26 Å². The second-order valence-corrected chi connectivity index (χ2v) is 5.93. The normalized spacial score (nSPS) is 27.5. The van der Waals surface area contributed by atoms with Crippen LogP contribution in [-0.2, 0) is 11.3 Å². The summed E-state index contributed by atoms with van der Waals surface area (Å²) >= 11 is 0. The van der Waals surface area contributed by atoms with Crippen LogP contribution >= 0.6 is 0 Å². The number of nitriles is 1. The van der Waals surface area contributed by atoms with E-state index in [0.717, 1.165) is 30.2 Å². The highest BCUT2D eigenvalue weighted by Crippen LogP contribution is 2.54. The van der Waals surface area contributed by atoms with E-state index in [-0.39, 0.29) is 11.8 Å². The third-order valence-corrected chi connectivity index (χ3v) is 4.44. The van der Waals surface area contributed by atoms with Crippen LogP contribution in [0.1, 0.15) is 30.4 Å². The second kappa shape index (κ2) is 4.70. The summed E-state index contributed by atoms with van der Waals surface area (Å²) in [5.41, 5.74) is 1.68. The van der Waals surface area contributed by atoms with E-state index in [1.165, 1.54) is 6.42 Å². The third kappa shape index (κ3) is 2.49. The first-order valence-electron chi connectivity index (χ1n) is 6.91. The van der Waals surface area contributed by atoms with Crippen molar-refractivity contribution >= 4 is 5.91 Å². The number of amides is 1. The smallest absolute Gasteiger partial charge is 0.225 e. The van der Waals surface area contributed by atoms with Crippen molar-refractivity contribution in [2.24, 2.45) is 17.8 Å². The van der Waals surface area contributed by atoms with Gasteiger partial charge in [-0.25, -0.2) is 0 Å². The molecule has 0 aliphatic heterocycles. The summed E-state index contributed by atoms with van der Waals surface area (Å²) < 4.78 is 0. The molecule has 1 aromatic rings. The van der Waals surface area contributed by atoms with Crippen LogP contribution in [0.5, 0.6) is 0 Å². The van der Waals surface area contributed by atoms with Crippen molar-refractivity contribution in [3.05, 3.63) is 35.4 Å². The maximum atomic E-state index is 12.3. The molecule has 2 saturated carbocycles. The van der Waals surface area contributed by atoms with Crippen LogP contribution in [0, 0.1) is 29.1 Å².